The molecule has 0 saturated heterocycles. The molecule has 0 amide bonds. The molecule has 0 spiro atoms. The number of nitrogens with zero attached hydrogens (tertiary/aromatic N) is 3. The van der Waals surface area contributed by atoms with Gasteiger partial charge in [0.05, 0.1) is 29.6 Å². The number of esters is 2. The fourth-order valence-corrected chi connectivity index (χ4v) is 4.93. The molecular weight excluding hydrogens is 602 g/mol. The number of aliphatic imine (C=N–C) groups is 2. The number of ether oxygens (including phenoxy) is 3. The summed E-state index contributed by atoms with van der Waals surface area (Å²) in [6.45, 7) is 8.13. The Kier molecular flexibility index (Phi) is 11.1. The van der Waals surface area contributed by atoms with Crippen molar-refractivity contribution in [3.05, 3.63) is 143 Å². The number of hydrogen-bond acceptors (Lipinski definition) is 8. The lowest BCUT2D eigenvalue weighted by Crippen LogP contribution is -2.21. The zero-order valence-corrected chi connectivity index (χ0v) is 27.4. The number of methoxy groups -OCH3 is 1. The lowest BCUT2D eigenvalue weighted by Gasteiger charge is -2.20. The molecule has 0 heterocycles. The topological polar surface area (TPSA) is 89.8 Å². The predicted octanol–water partition coefficient (Wildman–Crippen LogP) is 8.79. The minimum absolute atomic E-state index is 0.0501. The van der Waals surface area contributed by atoms with Crippen LogP contribution in [0.4, 0.5) is 17.1 Å². The van der Waals surface area contributed by atoms with E-state index in [4.69, 9.17) is 14.2 Å². The second-order valence-corrected chi connectivity index (χ2v) is 10.8. The highest BCUT2D eigenvalue weighted by Gasteiger charge is 2.21. The van der Waals surface area contributed by atoms with Gasteiger partial charge in [-0.1, -0.05) is 42.0 Å². The molecule has 8 heteroatoms. The molecule has 48 heavy (non-hydrogen) atoms. The van der Waals surface area contributed by atoms with E-state index in [1.54, 1.807) is 61.0 Å². The Morgan fingerprint density at radius 3 is 1.83 bits per heavy atom. The molecule has 0 bridgehead atoms. The molecule has 0 aliphatic carbocycles. The van der Waals surface area contributed by atoms with Gasteiger partial charge in [0.1, 0.15) is 5.75 Å². The van der Waals surface area contributed by atoms with Crippen molar-refractivity contribution in [3.8, 4) is 17.2 Å². The summed E-state index contributed by atoms with van der Waals surface area (Å²) in [6.07, 6.45) is 3.39. The van der Waals surface area contributed by atoms with Crippen molar-refractivity contribution in [3.63, 3.8) is 0 Å². The molecular formula is C40H37N3O5. The van der Waals surface area contributed by atoms with Gasteiger partial charge in [-0.05, 0) is 111 Å². The predicted molar refractivity (Wildman–Crippen MR) is 191 cm³/mol. The number of benzene rings is 5. The Morgan fingerprint density at radius 1 is 0.646 bits per heavy atom. The van der Waals surface area contributed by atoms with Gasteiger partial charge in [0.2, 0.25) is 0 Å². The summed E-state index contributed by atoms with van der Waals surface area (Å²) in [7, 11) is 1.49. The maximum absolute atomic E-state index is 13.4. The van der Waals surface area contributed by atoms with E-state index in [-0.39, 0.29) is 16.9 Å². The van der Waals surface area contributed by atoms with Gasteiger partial charge in [0.15, 0.2) is 11.5 Å². The SMILES string of the molecule is CCN(CC)c1ccc(N=Cc2cccc(OC(=O)c3ccccc3C(=O)Oc3cc(C=Nc4ccc(C)cc4)ccc3OC)c2)cc1. The second kappa shape index (κ2) is 16.0. The third-order valence-corrected chi connectivity index (χ3v) is 7.56. The van der Waals surface area contributed by atoms with E-state index in [1.165, 1.54) is 19.2 Å². The van der Waals surface area contributed by atoms with Gasteiger partial charge >= 0.3 is 11.9 Å². The molecule has 0 N–H and O–H groups in total. The van der Waals surface area contributed by atoms with Crippen LogP contribution in [0.25, 0.3) is 0 Å². The van der Waals surface area contributed by atoms with Crippen molar-refractivity contribution in [2.75, 3.05) is 25.1 Å². The second-order valence-electron chi connectivity index (χ2n) is 10.8. The van der Waals surface area contributed by atoms with Crippen molar-refractivity contribution in [2.45, 2.75) is 20.8 Å². The van der Waals surface area contributed by atoms with Crippen LogP contribution in [0.5, 0.6) is 17.2 Å². The molecule has 8 nitrogen and oxygen atoms in total. The van der Waals surface area contributed by atoms with Crippen LogP contribution in [0.1, 0.15) is 51.3 Å². The summed E-state index contributed by atoms with van der Waals surface area (Å²) >= 11 is 0. The third-order valence-electron chi connectivity index (χ3n) is 7.56. The number of anilines is 1. The van der Waals surface area contributed by atoms with Crippen LogP contribution in [0.2, 0.25) is 0 Å². The minimum atomic E-state index is -0.735. The fourth-order valence-electron chi connectivity index (χ4n) is 4.93. The van der Waals surface area contributed by atoms with Crippen LogP contribution in [-0.4, -0.2) is 44.6 Å². The standard InChI is InChI=1S/C40H37N3O5/c1-5-43(6-2)33-21-19-32(20-22-33)41-26-29-10-9-11-34(24-29)47-39(44)35-12-7-8-13-36(35)40(45)48-38-25-30(16-23-37(38)46-4)27-42-31-17-14-28(3)15-18-31/h7-27H,5-6H2,1-4H3. The van der Waals surface area contributed by atoms with Crippen LogP contribution >= 0.6 is 0 Å². The Balaban J connectivity index is 1.28. The van der Waals surface area contributed by atoms with E-state index in [1.807, 2.05) is 61.5 Å². The zero-order valence-electron chi connectivity index (χ0n) is 27.4. The smallest absolute Gasteiger partial charge is 0.344 e. The summed E-state index contributed by atoms with van der Waals surface area (Å²) in [6, 6.07) is 34.4. The van der Waals surface area contributed by atoms with E-state index in [0.717, 1.165) is 41.3 Å². The maximum atomic E-state index is 13.4. The Morgan fingerprint density at radius 2 is 1.23 bits per heavy atom. The van der Waals surface area contributed by atoms with E-state index in [2.05, 4.69) is 28.7 Å². The first-order valence-corrected chi connectivity index (χ1v) is 15.7. The molecule has 5 aromatic rings. The summed E-state index contributed by atoms with van der Waals surface area (Å²) < 4.78 is 16.9. The summed E-state index contributed by atoms with van der Waals surface area (Å²) in [5, 5.41) is 0. The van der Waals surface area contributed by atoms with Gasteiger partial charge in [-0.2, -0.15) is 0 Å². The zero-order chi connectivity index (χ0) is 33.9. The van der Waals surface area contributed by atoms with Gasteiger partial charge in [0, 0.05) is 31.2 Å². The minimum Gasteiger partial charge on any atom is -0.493 e. The lowest BCUT2D eigenvalue weighted by atomic mass is 10.1. The molecule has 0 unspecified atom stereocenters. The van der Waals surface area contributed by atoms with Crippen LogP contribution in [-0.2, 0) is 0 Å². The summed E-state index contributed by atoms with van der Waals surface area (Å²) in [4.78, 5) is 38.1. The van der Waals surface area contributed by atoms with E-state index in [9.17, 15) is 9.59 Å². The van der Waals surface area contributed by atoms with E-state index in [0.29, 0.717) is 17.1 Å². The Hall–Kier alpha value is -6.02. The molecule has 0 atom stereocenters. The first-order valence-electron chi connectivity index (χ1n) is 15.7. The van der Waals surface area contributed by atoms with Crippen molar-refractivity contribution < 1.29 is 23.8 Å². The monoisotopic (exact) mass is 639 g/mol. The average Bonchev–Trinajstić information content (AvgIpc) is 3.12. The van der Waals surface area contributed by atoms with Crippen LogP contribution in [0.3, 0.4) is 0 Å². The quantitative estimate of drug-likeness (QED) is 0.0770. The first-order chi connectivity index (χ1) is 23.4. The fraction of sp³-hybridized carbons (Fsp3) is 0.150. The van der Waals surface area contributed by atoms with Gasteiger partial charge in [-0.15, -0.1) is 0 Å². The molecule has 0 aromatic heterocycles. The molecule has 0 radical (unpaired) electrons. The molecule has 5 aromatic carbocycles. The highest BCUT2D eigenvalue weighted by molar-refractivity contribution is 6.04. The van der Waals surface area contributed by atoms with Gasteiger partial charge < -0.3 is 19.1 Å². The van der Waals surface area contributed by atoms with Crippen LogP contribution in [0, 0.1) is 6.92 Å². The van der Waals surface area contributed by atoms with Crippen molar-refractivity contribution >= 4 is 41.4 Å². The van der Waals surface area contributed by atoms with Gasteiger partial charge in [0.25, 0.3) is 0 Å². The van der Waals surface area contributed by atoms with Gasteiger partial charge in [-0.25, -0.2) is 9.59 Å². The Bertz CT molecular complexity index is 1930. The summed E-state index contributed by atoms with van der Waals surface area (Å²) in [5.74, 6) is -0.579. The number of hydrogen-bond donors (Lipinski definition) is 0. The number of carbonyl (C=O) groups is 2. The normalized spacial score (nSPS) is 11.1. The highest BCUT2D eigenvalue weighted by Crippen LogP contribution is 2.29. The third kappa shape index (κ3) is 8.61. The van der Waals surface area contributed by atoms with Crippen molar-refractivity contribution in [1.82, 2.24) is 0 Å². The van der Waals surface area contributed by atoms with Crippen LogP contribution in [0.15, 0.2) is 125 Å². The first kappa shape index (κ1) is 33.3. The van der Waals surface area contributed by atoms with Gasteiger partial charge in [-0.3, -0.25) is 9.98 Å². The molecule has 242 valence electrons. The molecule has 0 aliphatic heterocycles. The number of rotatable bonds is 12. The molecule has 0 saturated carbocycles. The van der Waals surface area contributed by atoms with Crippen molar-refractivity contribution in [1.29, 1.82) is 0 Å². The van der Waals surface area contributed by atoms with E-state index < -0.39 is 11.9 Å². The lowest BCUT2D eigenvalue weighted by molar-refractivity contribution is 0.0689. The van der Waals surface area contributed by atoms with Crippen molar-refractivity contribution in [2.24, 2.45) is 9.98 Å². The molecule has 0 fully saturated rings. The van der Waals surface area contributed by atoms with E-state index >= 15 is 0 Å². The molecule has 0 aliphatic rings. The average molecular weight is 640 g/mol. The van der Waals surface area contributed by atoms with Crippen LogP contribution < -0.4 is 19.1 Å². The number of carbonyl (C=O) groups excluding carboxylic acids is 2. The molecule has 5 rings (SSSR count). The highest BCUT2D eigenvalue weighted by atomic mass is 16.6. The maximum Gasteiger partial charge on any atom is 0.344 e. The Labute approximate surface area is 281 Å². The number of aryl methyl sites for hydroxylation is 1. The summed E-state index contributed by atoms with van der Waals surface area (Å²) in [5.41, 5.74) is 5.45. The largest absolute Gasteiger partial charge is 0.493 e.